The first-order valence-electron chi connectivity index (χ1n) is 9.03. The Labute approximate surface area is 148 Å². The van der Waals surface area contributed by atoms with Gasteiger partial charge in [-0.25, -0.2) is 0 Å². The first kappa shape index (κ1) is 16.4. The van der Waals surface area contributed by atoms with Gasteiger partial charge in [-0.1, -0.05) is 11.2 Å². The van der Waals surface area contributed by atoms with Gasteiger partial charge < -0.3 is 20.3 Å². The molecule has 2 N–H and O–H groups in total. The monoisotopic (exact) mass is 342 g/mol. The van der Waals surface area contributed by atoms with Crippen LogP contribution in [0.3, 0.4) is 0 Å². The van der Waals surface area contributed by atoms with E-state index in [1.54, 1.807) is 0 Å². The predicted molar refractivity (Wildman–Crippen MR) is 97.1 cm³/mol. The lowest BCUT2D eigenvalue weighted by atomic mass is 10.2. The average Bonchev–Trinajstić information content (AvgIpc) is 3.36. The molecule has 1 aromatic carbocycles. The standard InChI is InChI=1S/C18H26N6O/c1-13(19)17-20-21-18(24(17)14-6-7-14)25-16-5-3-4-15(12-16)23-10-8-22(2)9-11-23/h3-5,12-14H,6-11,19H2,1-2H3/t13-/m1/s1. The van der Waals surface area contributed by atoms with Crippen LogP contribution in [0.1, 0.15) is 37.7 Å². The molecule has 2 aromatic rings. The van der Waals surface area contributed by atoms with Crippen molar-refractivity contribution in [2.24, 2.45) is 5.73 Å². The van der Waals surface area contributed by atoms with Gasteiger partial charge in [0, 0.05) is 44.0 Å². The zero-order chi connectivity index (χ0) is 17.4. The van der Waals surface area contributed by atoms with Crippen molar-refractivity contribution < 1.29 is 4.74 Å². The zero-order valence-corrected chi connectivity index (χ0v) is 14.9. The maximum atomic E-state index is 6.09. The number of ether oxygens (including phenoxy) is 1. The summed E-state index contributed by atoms with van der Waals surface area (Å²) in [7, 11) is 2.16. The molecule has 7 nitrogen and oxygen atoms in total. The van der Waals surface area contributed by atoms with Gasteiger partial charge in [0.2, 0.25) is 0 Å². The minimum atomic E-state index is -0.151. The Balaban J connectivity index is 1.55. The quantitative estimate of drug-likeness (QED) is 0.898. The number of anilines is 1. The smallest absolute Gasteiger partial charge is 0.322 e. The van der Waals surface area contributed by atoms with Crippen LogP contribution in [0.5, 0.6) is 11.8 Å². The van der Waals surface area contributed by atoms with Crippen molar-refractivity contribution in [2.75, 3.05) is 38.1 Å². The van der Waals surface area contributed by atoms with Crippen molar-refractivity contribution in [3.63, 3.8) is 0 Å². The Morgan fingerprint density at radius 2 is 1.92 bits per heavy atom. The number of rotatable bonds is 5. The molecular formula is C18H26N6O. The van der Waals surface area contributed by atoms with Crippen LogP contribution in [0.25, 0.3) is 0 Å². The van der Waals surface area contributed by atoms with Gasteiger partial charge in [0.1, 0.15) is 5.75 Å². The number of piperazine rings is 1. The second-order valence-electron chi connectivity index (χ2n) is 7.12. The number of hydrogen-bond donors (Lipinski definition) is 1. The molecule has 0 bridgehead atoms. The second-order valence-corrected chi connectivity index (χ2v) is 7.12. The van der Waals surface area contributed by atoms with Gasteiger partial charge in [-0.3, -0.25) is 4.57 Å². The molecule has 1 aliphatic heterocycles. The molecule has 0 unspecified atom stereocenters. The van der Waals surface area contributed by atoms with Crippen molar-refractivity contribution in [2.45, 2.75) is 31.8 Å². The highest BCUT2D eigenvalue weighted by Crippen LogP contribution is 2.40. The van der Waals surface area contributed by atoms with Crippen LogP contribution >= 0.6 is 0 Å². The number of nitrogens with zero attached hydrogens (tertiary/aromatic N) is 5. The van der Waals surface area contributed by atoms with E-state index in [0.29, 0.717) is 12.1 Å². The third kappa shape index (κ3) is 3.48. The van der Waals surface area contributed by atoms with Crippen LogP contribution in [-0.2, 0) is 0 Å². The van der Waals surface area contributed by atoms with E-state index in [-0.39, 0.29) is 6.04 Å². The molecule has 2 aliphatic rings. The Hall–Kier alpha value is -2.12. The summed E-state index contributed by atoms with van der Waals surface area (Å²) in [6, 6.07) is 9.05. The molecule has 1 saturated heterocycles. The first-order valence-corrected chi connectivity index (χ1v) is 9.03. The van der Waals surface area contributed by atoms with Gasteiger partial charge in [0.15, 0.2) is 5.82 Å². The summed E-state index contributed by atoms with van der Waals surface area (Å²) < 4.78 is 8.15. The van der Waals surface area contributed by atoms with Crippen LogP contribution in [0.15, 0.2) is 24.3 Å². The van der Waals surface area contributed by atoms with Gasteiger partial charge >= 0.3 is 6.01 Å². The van der Waals surface area contributed by atoms with E-state index >= 15 is 0 Å². The number of nitrogens with two attached hydrogens (primary N) is 1. The van der Waals surface area contributed by atoms with E-state index in [9.17, 15) is 0 Å². The molecular weight excluding hydrogens is 316 g/mol. The molecule has 4 rings (SSSR count). The fraction of sp³-hybridized carbons (Fsp3) is 0.556. The van der Waals surface area contributed by atoms with Gasteiger partial charge in [-0.15, -0.1) is 5.10 Å². The van der Waals surface area contributed by atoms with E-state index in [0.717, 1.165) is 50.6 Å². The average molecular weight is 342 g/mol. The second kappa shape index (κ2) is 6.65. The summed E-state index contributed by atoms with van der Waals surface area (Å²) in [5, 5.41) is 8.48. The van der Waals surface area contributed by atoms with Gasteiger partial charge in [0.25, 0.3) is 0 Å². The highest BCUT2D eigenvalue weighted by atomic mass is 16.5. The first-order chi connectivity index (χ1) is 12.1. The number of benzene rings is 1. The maximum Gasteiger partial charge on any atom is 0.322 e. The van der Waals surface area contributed by atoms with Crippen molar-refractivity contribution in [1.29, 1.82) is 0 Å². The minimum Gasteiger partial charge on any atom is -0.424 e. The van der Waals surface area contributed by atoms with Crippen LogP contribution < -0.4 is 15.4 Å². The van der Waals surface area contributed by atoms with Gasteiger partial charge in [-0.2, -0.15) is 0 Å². The van der Waals surface area contributed by atoms with Gasteiger partial charge in [-0.05, 0) is 38.9 Å². The Morgan fingerprint density at radius 3 is 2.60 bits per heavy atom. The van der Waals surface area contributed by atoms with E-state index in [2.05, 4.69) is 43.7 Å². The predicted octanol–water partition coefficient (Wildman–Crippen LogP) is 2.18. The molecule has 1 atom stereocenters. The molecule has 2 fully saturated rings. The highest BCUT2D eigenvalue weighted by Gasteiger charge is 2.31. The van der Waals surface area contributed by atoms with Crippen LogP contribution in [0.2, 0.25) is 0 Å². The summed E-state index contributed by atoms with van der Waals surface area (Å²) in [5.41, 5.74) is 7.22. The molecule has 1 saturated carbocycles. The van der Waals surface area contributed by atoms with Gasteiger partial charge in [0.05, 0.1) is 6.04 Å². The third-order valence-electron chi connectivity index (χ3n) is 4.91. The number of aromatic nitrogens is 3. The fourth-order valence-corrected chi connectivity index (χ4v) is 3.26. The van der Waals surface area contributed by atoms with Crippen LogP contribution in [-0.4, -0.2) is 52.9 Å². The van der Waals surface area contributed by atoms with E-state index < -0.39 is 0 Å². The van der Waals surface area contributed by atoms with Crippen LogP contribution in [0.4, 0.5) is 5.69 Å². The Morgan fingerprint density at radius 1 is 1.16 bits per heavy atom. The molecule has 2 heterocycles. The van der Waals surface area contributed by atoms with Crippen LogP contribution in [0, 0.1) is 0 Å². The van der Waals surface area contributed by atoms with Crippen molar-refractivity contribution in [3.05, 3.63) is 30.1 Å². The van der Waals surface area contributed by atoms with Crippen molar-refractivity contribution >= 4 is 5.69 Å². The van der Waals surface area contributed by atoms with Crippen molar-refractivity contribution in [3.8, 4) is 11.8 Å². The van der Waals surface area contributed by atoms with E-state index in [1.165, 1.54) is 5.69 Å². The summed E-state index contributed by atoms with van der Waals surface area (Å²) in [4.78, 5) is 4.75. The lowest BCUT2D eigenvalue weighted by Gasteiger charge is -2.34. The Bertz CT molecular complexity index is 731. The summed E-state index contributed by atoms with van der Waals surface area (Å²) >= 11 is 0. The minimum absolute atomic E-state index is 0.151. The SMILES string of the molecule is C[C@@H](N)c1nnc(Oc2cccc(N3CCN(C)CC3)c2)n1C1CC1. The molecule has 1 aliphatic carbocycles. The molecule has 1 aromatic heterocycles. The lowest BCUT2D eigenvalue weighted by Crippen LogP contribution is -2.44. The fourth-order valence-electron chi connectivity index (χ4n) is 3.26. The Kier molecular flexibility index (Phi) is 4.35. The lowest BCUT2D eigenvalue weighted by molar-refractivity contribution is 0.312. The zero-order valence-electron chi connectivity index (χ0n) is 14.9. The summed E-state index contributed by atoms with van der Waals surface area (Å²) in [5.74, 6) is 1.59. The molecule has 25 heavy (non-hydrogen) atoms. The summed E-state index contributed by atoms with van der Waals surface area (Å²) in [6.07, 6.45) is 2.27. The third-order valence-corrected chi connectivity index (χ3v) is 4.91. The van der Waals surface area contributed by atoms with E-state index in [1.807, 2.05) is 19.1 Å². The molecule has 0 amide bonds. The molecule has 0 radical (unpaired) electrons. The maximum absolute atomic E-state index is 6.09. The summed E-state index contributed by atoms with van der Waals surface area (Å²) in [6.45, 7) is 6.17. The molecule has 7 heteroatoms. The van der Waals surface area contributed by atoms with E-state index in [4.69, 9.17) is 10.5 Å². The number of hydrogen-bond acceptors (Lipinski definition) is 6. The van der Waals surface area contributed by atoms with Crippen molar-refractivity contribution in [1.82, 2.24) is 19.7 Å². The normalized spacial score (nSPS) is 19.9. The molecule has 134 valence electrons. The number of likely N-dealkylation sites (N-methyl/N-ethyl adjacent to an activating group) is 1. The molecule has 0 spiro atoms. The topological polar surface area (TPSA) is 72.4 Å². The highest BCUT2D eigenvalue weighted by molar-refractivity contribution is 5.51. The largest absolute Gasteiger partial charge is 0.424 e.